The molecule has 2 heterocycles. The van der Waals surface area contributed by atoms with Crippen LogP contribution in [0.25, 0.3) is 16.6 Å². The lowest BCUT2D eigenvalue weighted by Gasteiger charge is -2.19. The summed E-state index contributed by atoms with van der Waals surface area (Å²) < 4.78 is 12.6. The van der Waals surface area contributed by atoms with Gasteiger partial charge in [-0.2, -0.15) is 0 Å². The van der Waals surface area contributed by atoms with Crippen LogP contribution in [0.2, 0.25) is 0 Å². The standard InChI is InChI=1S/C25H21N3O4S/c1-16-6-9-18(10-7-16)28-24(30)19-4-2-3-5-20(19)27-25(28)33-15-23(29)26-17-8-11-21-22(14-17)32-13-12-31-21/h2-11,14H,12-13,15H2,1H3,(H,26,29). The van der Waals surface area contributed by atoms with Gasteiger partial charge in [-0.15, -0.1) is 0 Å². The molecule has 0 aliphatic carbocycles. The summed E-state index contributed by atoms with van der Waals surface area (Å²) in [6.45, 7) is 2.98. The minimum atomic E-state index is -0.213. The molecule has 0 bridgehead atoms. The number of carbonyl (C=O) groups excluding carboxylic acids is 1. The minimum absolute atomic E-state index is 0.0884. The van der Waals surface area contributed by atoms with Crippen LogP contribution in [0, 0.1) is 6.92 Å². The maximum Gasteiger partial charge on any atom is 0.266 e. The van der Waals surface area contributed by atoms with Gasteiger partial charge in [0, 0.05) is 11.8 Å². The Bertz CT molecular complexity index is 1400. The molecule has 33 heavy (non-hydrogen) atoms. The van der Waals surface area contributed by atoms with Gasteiger partial charge in [0.25, 0.3) is 5.56 Å². The summed E-state index contributed by atoms with van der Waals surface area (Å²) in [4.78, 5) is 30.6. The molecule has 1 amide bonds. The fraction of sp³-hybridized carbons (Fsp3) is 0.160. The normalized spacial score (nSPS) is 12.5. The molecular formula is C25H21N3O4S. The van der Waals surface area contributed by atoms with Crippen LogP contribution in [0.15, 0.2) is 76.7 Å². The Labute approximate surface area is 194 Å². The molecule has 0 atom stereocenters. The summed E-state index contributed by atoms with van der Waals surface area (Å²) in [6.07, 6.45) is 0. The molecular weight excluding hydrogens is 438 g/mol. The number of rotatable bonds is 5. The molecule has 5 rings (SSSR count). The predicted octanol–water partition coefficient (Wildman–Crippen LogP) is 4.20. The van der Waals surface area contributed by atoms with Crippen molar-refractivity contribution in [3.63, 3.8) is 0 Å². The highest BCUT2D eigenvalue weighted by Crippen LogP contribution is 2.32. The summed E-state index contributed by atoms with van der Waals surface area (Å²) in [5.41, 5.74) is 2.85. The number of para-hydroxylation sites is 1. The van der Waals surface area contributed by atoms with E-state index in [2.05, 4.69) is 10.3 Å². The highest BCUT2D eigenvalue weighted by molar-refractivity contribution is 7.99. The molecule has 1 aliphatic heterocycles. The van der Waals surface area contributed by atoms with Crippen LogP contribution in [0.1, 0.15) is 5.56 Å². The molecule has 8 heteroatoms. The Morgan fingerprint density at radius 3 is 2.61 bits per heavy atom. The third-order valence-electron chi connectivity index (χ3n) is 5.20. The van der Waals surface area contributed by atoms with Gasteiger partial charge in [0.15, 0.2) is 16.7 Å². The van der Waals surface area contributed by atoms with Crippen molar-refractivity contribution in [2.24, 2.45) is 0 Å². The van der Waals surface area contributed by atoms with Gasteiger partial charge in [-0.05, 0) is 43.3 Å². The number of fused-ring (bicyclic) bond motifs is 2. The molecule has 0 unspecified atom stereocenters. The molecule has 0 spiro atoms. The van der Waals surface area contributed by atoms with Crippen LogP contribution in [-0.2, 0) is 4.79 Å². The second kappa shape index (κ2) is 8.99. The van der Waals surface area contributed by atoms with Gasteiger partial charge in [-0.25, -0.2) is 4.98 Å². The number of aryl methyl sites for hydroxylation is 1. The maximum absolute atomic E-state index is 13.3. The predicted molar refractivity (Wildman–Crippen MR) is 129 cm³/mol. The molecule has 7 nitrogen and oxygen atoms in total. The number of nitrogens with zero attached hydrogens (tertiary/aromatic N) is 2. The van der Waals surface area contributed by atoms with Gasteiger partial charge >= 0.3 is 0 Å². The Balaban J connectivity index is 1.41. The van der Waals surface area contributed by atoms with Gasteiger partial charge < -0.3 is 14.8 Å². The summed E-state index contributed by atoms with van der Waals surface area (Å²) in [6, 6.07) is 20.2. The molecule has 3 aromatic carbocycles. The van der Waals surface area contributed by atoms with Crippen molar-refractivity contribution in [3.8, 4) is 17.2 Å². The first kappa shape index (κ1) is 21.1. The highest BCUT2D eigenvalue weighted by Gasteiger charge is 2.16. The van der Waals surface area contributed by atoms with E-state index < -0.39 is 0 Å². The number of anilines is 1. The van der Waals surface area contributed by atoms with Gasteiger partial charge in [0.2, 0.25) is 5.91 Å². The Morgan fingerprint density at radius 2 is 1.79 bits per heavy atom. The van der Waals surface area contributed by atoms with Crippen LogP contribution in [0.5, 0.6) is 11.5 Å². The number of amides is 1. The Kier molecular flexibility index (Phi) is 5.75. The Morgan fingerprint density at radius 1 is 1.03 bits per heavy atom. The third kappa shape index (κ3) is 4.42. The topological polar surface area (TPSA) is 82.5 Å². The first-order valence-electron chi connectivity index (χ1n) is 10.5. The number of hydrogen-bond donors (Lipinski definition) is 1. The monoisotopic (exact) mass is 459 g/mol. The highest BCUT2D eigenvalue weighted by atomic mass is 32.2. The van der Waals surface area contributed by atoms with Crippen molar-refractivity contribution in [3.05, 3.63) is 82.6 Å². The van der Waals surface area contributed by atoms with E-state index in [-0.39, 0.29) is 17.2 Å². The van der Waals surface area contributed by atoms with Gasteiger partial charge in [-0.1, -0.05) is 41.6 Å². The SMILES string of the molecule is Cc1ccc(-n2c(SCC(=O)Nc3ccc4c(c3)OCCO4)nc3ccccc3c2=O)cc1. The van der Waals surface area contributed by atoms with Crippen LogP contribution >= 0.6 is 11.8 Å². The molecule has 0 fully saturated rings. The molecule has 1 aliphatic rings. The second-order valence-electron chi connectivity index (χ2n) is 7.58. The zero-order chi connectivity index (χ0) is 22.8. The van der Waals surface area contributed by atoms with Crippen molar-refractivity contribution in [1.82, 2.24) is 9.55 Å². The van der Waals surface area contributed by atoms with Gasteiger partial charge in [-0.3, -0.25) is 14.2 Å². The summed E-state index contributed by atoms with van der Waals surface area (Å²) in [7, 11) is 0. The van der Waals surface area contributed by atoms with Crippen molar-refractivity contribution in [2.75, 3.05) is 24.3 Å². The summed E-state index contributed by atoms with van der Waals surface area (Å²) in [5.74, 6) is 1.15. The number of carbonyl (C=O) groups is 1. The van der Waals surface area contributed by atoms with Crippen LogP contribution < -0.4 is 20.3 Å². The maximum atomic E-state index is 13.3. The first-order chi connectivity index (χ1) is 16.1. The molecule has 166 valence electrons. The van der Waals surface area contributed by atoms with Crippen molar-refractivity contribution >= 4 is 34.3 Å². The van der Waals surface area contributed by atoms with Crippen LogP contribution in [0.3, 0.4) is 0 Å². The molecule has 0 saturated carbocycles. The molecule has 0 saturated heterocycles. The number of hydrogen-bond acceptors (Lipinski definition) is 6. The van der Waals surface area contributed by atoms with Crippen molar-refractivity contribution < 1.29 is 14.3 Å². The average Bonchev–Trinajstić information content (AvgIpc) is 2.84. The quantitative estimate of drug-likeness (QED) is 0.356. The zero-order valence-electron chi connectivity index (χ0n) is 17.9. The lowest BCUT2D eigenvalue weighted by molar-refractivity contribution is -0.113. The number of thioether (sulfide) groups is 1. The zero-order valence-corrected chi connectivity index (χ0v) is 18.7. The van der Waals surface area contributed by atoms with E-state index in [0.717, 1.165) is 5.56 Å². The summed E-state index contributed by atoms with van der Waals surface area (Å²) >= 11 is 1.22. The van der Waals surface area contributed by atoms with Crippen LogP contribution in [-0.4, -0.2) is 34.4 Å². The van der Waals surface area contributed by atoms with E-state index in [1.54, 1.807) is 34.9 Å². The fourth-order valence-electron chi connectivity index (χ4n) is 3.58. The van der Waals surface area contributed by atoms with E-state index in [0.29, 0.717) is 52.1 Å². The van der Waals surface area contributed by atoms with Crippen molar-refractivity contribution in [1.29, 1.82) is 0 Å². The molecule has 1 aromatic heterocycles. The largest absolute Gasteiger partial charge is 0.486 e. The van der Waals surface area contributed by atoms with Gasteiger partial charge in [0.1, 0.15) is 13.2 Å². The van der Waals surface area contributed by atoms with E-state index in [4.69, 9.17) is 9.47 Å². The first-order valence-corrected chi connectivity index (χ1v) is 11.5. The Hall–Kier alpha value is -3.78. The molecule has 0 radical (unpaired) electrons. The van der Waals surface area contributed by atoms with Crippen molar-refractivity contribution in [2.45, 2.75) is 12.1 Å². The van der Waals surface area contributed by atoms with E-state index in [9.17, 15) is 9.59 Å². The second-order valence-corrected chi connectivity index (χ2v) is 8.53. The van der Waals surface area contributed by atoms with Crippen LogP contribution in [0.4, 0.5) is 5.69 Å². The third-order valence-corrected chi connectivity index (χ3v) is 6.13. The average molecular weight is 460 g/mol. The number of nitrogens with one attached hydrogen (secondary N) is 1. The lowest BCUT2D eigenvalue weighted by atomic mass is 10.2. The number of benzene rings is 3. The lowest BCUT2D eigenvalue weighted by Crippen LogP contribution is -2.23. The van der Waals surface area contributed by atoms with E-state index >= 15 is 0 Å². The number of aromatic nitrogens is 2. The van der Waals surface area contributed by atoms with E-state index in [1.807, 2.05) is 43.3 Å². The van der Waals surface area contributed by atoms with E-state index in [1.165, 1.54) is 11.8 Å². The minimum Gasteiger partial charge on any atom is -0.486 e. The van der Waals surface area contributed by atoms with Gasteiger partial charge in [0.05, 0.1) is 22.3 Å². The fourth-order valence-corrected chi connectivity index (χ4v) is 4.39. The smallest absolute Gasteiger partial charge is 0.266 e. The molecule has 1 N–H and O–H groups in total. The number of ether oxygens (including phenoxy) is 2. The molecule has 4 aromatic rings. The summed E-state index contributed by atoms with van der Waals surface area (Å²) in [5, 5.41) is 3.86.